The largest absolute Gasteiger partial charge is 0.328 e. The van der Waals surface area contributed by atoms with Crippen LogP contribution in [0.5, 0.6) is 0 Å². The van der Waals surface area contributed by atoms with E-state index in [-0.39, 0.29) is 29.7 Å². The molecule has 4 N–H and O–H groups in total. The fourth-order valence-electron chi connectivity index (χ4n) is 4.02. The van der Waals surface area contributed by atoms with Crippen LogP contribution in [0.15, 0.2) is 24.3 Å². The SMILES string of the molecule is NC1CCC(C(=O)CCNCc2cccc(C3CCC(=O)NC3=O)c2)CC1. The molecule has 146 valence electrons. The van der Waals surface area contributed by atoms with Gasteiger partial charge in [-0.05, 0) is 43.2 Å². The quantitative estimate of drug-likeness (QED) is 0.501. The predicted molar refractivity (Wildman–Crippen MR) is 103 cm³/mol. The van der Waals surface area contributed by atoms with Gasteiger partial charge < -0.3 is 11.1 Å². The third-order valence-corrected chi connectivity index (χ3v) is 5.70. The van der Waals surface area contributed by atoms with Crippen LogP contribution in [0.2, 0.25) is 0 Å². The normalized spacial score (nSPS) is 25.9. The van der Waals surface area contributed by atoms with Crippen molar-refractivity contribution >= 4 is 17.6 Å². The van der Waals surface area contributed by atoms with Crippen LogP contribution in [-0.4, -0.2) is 30.2 Å². The molecule has 1 aliphatic heterocycles. The monoisotopic (exact) mass is 371 g/mol. The molecule has 6 nitrogen and oxygen atoms in total. The molecule has 1 atom stereocenters. The van der Waals surface area contributed by atoms with Crippen molar-refractivity contribution in [2.24, 2.45) is 11.7 Å². The molecule has 2 fully saturated rings. The van der Waals surface area contributed by atoms with Gasteiger partial charge in [0.2, 0.25) is 11.8 Å². The molecule has 1 saturated carbocycles. The molecule has 1 saturated heterocycles. The summed E-state index contributed by atoms with van der Waals surface area (Å²) in [5.74, 6) is -0.149. The Bertz CT molecular complexity index is 696. The Kier molecular flexibility index (Phi) is 6.74. The smallest absolute Gasteiger partial charge is 0.234 e. The van der Waals surface area contributed by atoms with Crippen molar-refractivity contribution in [1.82, 2.24) is 10.6 Å². The lowest BCUT2D eigenvalue weighted by Gasteiger charge is -2.25. The van der Waals surface area contributed by atoms with E-state index in [1.54, 1.807) is 0 Å². The maximum absolute atomic E-state index is 12.3. The average Bonchev–Trinajstić information content (AvgIpc) is 2.66. The van der Waals surface area contributed by atoms with E-state index in [4.69, 9.17) is 5.73 Å². The van der Waals surface area contributed by atoms with E-state index in [2.05, 4.69) is 10.6 Å². The van der Waals surface area contributed by atoms with Gasteiger partial charge in [0.25, 0.3) is 0 Å². The predicted octanol–water partition coefficient (Wildman–Crippen LogP) is 1.77. The molecule has 1 heterocycles. The summed E-state index contributed by atoms with van der Waals surface area (Å²) >= 11 is 0. The lowest BCUT2D eigenvalue weighted by atomic mass is 9.83. The lowest BCUT2D eigenvalue weighted by Crippen LogP contribution is -2.39. The standard InChI is InChI=1S/C21H29N3O3/c22-17-6-4-15(5-7-17)19(25)10-11-23-13-14-2-1-3-16(12-14)18-8-9-20(26)24-21(18)27/h1-3,12,15,17-18,23H,4-11,13,22H2,(H,24,26,27). The van der Waals surface area contributed by atoms with Crippen LogP contribution in [0.25, 0.3) is 0 Å². The highest BCUT2D eigenvalue weighted by atomic mass is 16.2. The first-order valence-corrected chi connectivity index (χ1v) is 9.94. The van der Waals surface area contributed by atoms with E-state index in [9.17, 15) is 14.4 Å². The van der Waals surface area contributed by atoms with Crippen molar-refractivity contribution in [3.63, 3.8) is 0 Å². The number of nitrogens with two attached hydrogens (primary N) is 1. The fourth-order valence-corrected chi connectivity index (χ4v) is 4.02. The van der Waals surface area contributed by atoms with Gasteiger partial charge in [0.05, 0.1) is 5.92 Å². The second-order valence-electron chi connectivity index (χ2n) is 7.75. The third kappa shape index (κ3) is 5.47. The zero-order chi connectivity index (χ0) is 19.2. The minimum atomic E-state index is -0.262. The second-order valence-corrected chi connectivity index (χ2v) is 7.75. The summed E-state index contributed by atoms with van der Waals surface area (Å²) in [7, 11) is 0. The zero-order valence-electron chi connectivity index (χ0n) is 15.7. The van der Waals surface area contributed by atoms with E-state index in [1.165, 1.54) is 0 Å². The van der Waals surface area contributed by atoms with Crippen LogP contribution < -0.4 is 16.4 Å². The van der Waals surface area contributed by atoms with Gasteiger partial charge >= 0.3 is 0 Å². The molecular weight excluding hydrogens is 342 g/mol. The van der Waals surface area contributed by atoms with Crippen LogP contribution >= 0.6 is 0 Å². The Hall–Kier alpha value is -2.05. The van der Waals surface area contributed by atoms with Gasteiger partial charge in [-0.25, -0.2) is 0 Å². The molecule has 6 heteroatoms. The number of nitrogens with one attached hydrogen (secondary N) is 2. The Morgan fingerprint density at radius 1 is 1.15 bits per heavy atom. The van der Waals surface area contributed by atoms with Crippen LogP contribution in [0.3, 0.4) is 0 Å². The molecule has 1 unspecified atom stereocenters. The first-order valence-electron chi connectivity index (χ1n) is 9.94. The van der Waals surface area contributed by atoms with Gasteiger partial charge in [-0.3, -0.25) is 19.7 Å². The summed E-state index contributed by atoms with van der Waals surface area (Å²) in [5.41, 5.74) is 7.92. The molecule has 1 aromatic carbocycles. The number of piperidine rings is 1. The molecule has 1 aromatic rings. The number of benzene rings is 1. The van der Waals surface area contributed by atoms with E-state index < -0.39 is 0 Å². The average molecular weight is 371 g/mol. The number of carbonyl (C=O) groups excluding carboxylic acids is 3. The number of hydrogen-bond acceptors (Lipinski definition) is 5. The van der Waals surface area contributed by atoms with E-state index >= 15 is 0 Å². The zero-order valence-corrected chi connectivity index (χ0v) is 15.7. The summed E-state index contributed by atoms with van der Waals surface area (Å²) < 4.78 is 0. The van der Waals surface area contributed by atoms with E-state index in [1.807, 2.05) is 24.3 Å². The maximum Gasteiger partial charge on any atom is 0.234 e. The second kappa shape index (κ2) is 9.24. The van der Waals surface area contributed by atoms with Gasteiger partial charge in [0, 0.05) is 37.9 Å². The summed E-state index contributed by atoms with van der Waals surface area (Å²) in [6, 6.07) is 8.15. The number of hydrogen-bond donors (Lipinski definition) is 3. The third-order valence-electron chi connectivity index (χ3n) is 5.70. The number of carbonyl (C=O) groups is 3. The van der Waals surface area contributed by atoms with Gasteiger partial charge in [-0.1, -0.05) is 24.3 Å². The number of Topliss-reactive ketones (excluding diaryl/α,β-unsaturated/α-hetero) is 1. The maximum atomic E-state index is 12.3. The molecule has 27 heavy (non-hydrogen) atoms. The molecule has 2 aliphatic rings. The number of ketones is 1. The summed E-state index contributed by atoms with van der Waals surface area (Å²) in [6.45, 7) is 1.31. The Labute approximate surface area is 160 Å². The Morgan fingerprint density at radius 3 is 2.67 bits per heavy atom. The number of imide groups is 1. The minimum absolute atomic E-state index is 0.183. The molecule has 0 aromatic heterocycles. The van der Waals surface area contributed by atoms with Gasteiger partial charge in [0.1, 0.15) is 5.78 Å². The van der Waals surface area contributed by atoms with Gasteiger partial charge in [0.15, 0.2) is 0 Å². The van der Waals surface area contributed by atoms with Crippen LogP contribution in [0.4, 0.5) is 0 Å². The molecular formula is C21H29N3O3. The summed E-state index contributed by atoms with van der Waals surface area (Å²) in [4.78, 5) is 35.6. The van der Waals surface area contributed by atoms with Gasteiger partial charge in [-0.2, -0.15) is 0 Å². The first kappa shape index (κ1) is 19.7. The number of rotatable bonds is 7. The van der Waals surface area contributed by atoms with Gasteiger partial charge in [-0.15, -0.1) is 0 Å². The highest BCUT2D eigenvalue weighted by Crippen LogP contribution is 2.26. The molecule has 1 aliphatic carbocycles. The Morgan fingerprint density at radius 2 is 1.93 bits per heavy atom. The van der Waals surface area contributed by atoms with Crippen molar-refractivity contribution in [3.05, 3.63) is 35.4 Å². The first-order chi connectivity index (χ1) is 13.0. The van der Waals surface area contributed by atoms with Crippen molar-refractivity contribution in [2.45, 2.75) is 63.5 Å². The molecule has 2 amide bonds. The molecule has 3 rings (SSSR count). The molecule has 0 radical (unpaired) electrons. The van der Waals surface area contributed by atoms with Crippen LogP contribution in [0.1, 0.15) is 62.0 Å². The minimum Gasteiger partial charge on any atom is -0.328 e. The highest BCUT2D eigenvalue weighted by molar-refractivity contribution is 6.00. The van der Waals surface area contributed by atoms with Crippen molar-refractivity contribution in [3.8, 4) is 0 Å². The van der Waals surface area contributed by atoms with E-state index in [0.29, 0.717) is 38.1 Å². The molecule has 0 spiro atoms. The highest BCUT2D eigenvalue weighted by Gasteiger charge is 2.28. The lowest BCUT2D eigenvalue weighted by molar-refractivity contribution is -0.134. The Balaban J connectivity index is 1.44. The number of amides is 2. The van der Waals surface area contributed by atoms with Crippen molar-refractivity contribution < 1.29 is 14.4 Å². The molecule has 0 bridgehead atoms. The topological polar surface area (TPSA) is 101 Å². The fraction of sp³-hybridized carbons (Fsp3) is 0.571. The van der Waals surface area contributed by atoms with Crippen molar-refractivity contribution in [2.75, 3.05) is 6.54 Å². The van der Waals surface area contributed by atoms with Crippen LogP contribution in [0, 0.1) is 5.92 Å². The van der Waals surface area contributed by atoms with E-state index in [0.717, 1.165) is 36.8 Å². The summed E-state index contributed by atoms with van der Waals surface area (Å²) in [5, 5.41) is 5.74. The summed E-state index contributed by atoms with van der Waals surface area (Å²) in [6.07, 6.45) is 5.25. The van der Waals surface area contributed by atoms with Crippen molar-refractivity contribution in [1.29, 1.82) is 0 Å². The van der Waals surface area contributed by atoms with Crippen LogP contribution in [-0.2, 0) is 20.9 Å².